The minimum atomic E-state index is -0.341. The minimum absolute atomic E-state index is 0.242. The van der Waals surface area contributed by atoms with Gasteiger partial charge in [-0.05, 0) is 55.5 Å². The second-order valence-electron chi connectivity index (χ2n) is 6.96. The quantitative estimate of drug-likeness (QED) is 0.456. The van der Waals surface area contributed by atoms with E-state index in [0.717, 1.165) is 11.2 Å². The van der Waals surface area contributed by atoms with Gasteiger partial charge in [-0.25, -0.2) is 9.67 Å². The van der Waals surface area contributed by atoms with Crippen LogP contribution in [-0.2, 0) is 0 Å². The molecule has 2 aromatic carbocycles. The molecule has 3 aromatic heterocycles. The van der Waals surface area contributed by atoms with Gasteiger partial charge >= 0.3 is 0 Å². The van der Waals surface area contributed by atoms with Gasteiger partial charge in [0.15, 0.2) is 5.82 Å². The number of nitrogens with one attached hydrogen (secondary N) is 1. The lowest BCUT2D eigenvalue weighted by Crippen LogP contribution is -2.14. The van der Waals surface area contributed by atoms with E-state index in [4.69, 9.17) is 4.74 Å². The summed E-state index contributed by atoms with van der Waals surface area (Å²) in [6, 6.07) is 19.7. The zero-order chi connectivity index (χ0) is 21.9. The van der Waals surface area contributed by atoms with Crippen LogP contribution in [0.3, 0.4) is 0 Å². The smallest absolute Gasteiger partial charge is 0.275 e. The Bertz CT molecular complexity index is 1400. The summed E-state index contributed by atoms with van der Waals surface area (Å²) in [5.74, 6) is 1.17. The zero-order valence-corrected chi connectivity index (χ0v) is 17.0. The first-order valence-corrected chi connectivity index (χ1v) is 9.81. The predicted octanol–water partition coefficient (Wildman–Crippen LogP) is 3.96. The standard InChI is InChI=1S/C23H17N7O2/c1-15-12-13-30(29-15)21-10-11-22(28-27-21)32-17-8-6-16(7-9-17)25-23(31)20-14-24-18-4-2-3-5-19(18)26-20/h2-14H,1H3,(H,25,31). The van der Waals surface area contributed by atoms with Gasteiger partial charge in [-0.15, -0.1) is 10.2 Å². The van der Waals surface area contributed by atoms with E-state index in [1.807, 2.05) is 43.5 Å². The average molecular weight is 423 g/mol. The molecule has 0 fully saturated rings. The molecule has 0 saturated heterocycles. The van der Waals surface area contributed by atoms with Gasteiger partial charge in [0.05, 0.1) is 22.9 Å². The number of benzene rings is 2. The third-order valence-corrected chi connectivity index (χ3v) is 4.60. The number of hydrogen-bond acceptors (Lipinski definition) is 7. The molecular formula is C23H17N7O2. The average Bonchev–Trinajstić information content (AvgIpc) is 3.27. The summed E-state index contributed by atoms with van der Waals surface area (Å²) in [6.07, 6.45) is 3.28. The number of rotatable bonds is 5. The highest BCUT2D eigenvalue weighted by Gasteiger charge is 2.10. The molecule has 0 aliphatic heterocycles. The molecule has 9 heteroatoms. The molecule has 0 aliphatic rings. The molecule has 0 atom stereocenters. The molecule has 0 unspecified atom stereocenters. The number of carbonyl (C=O) groups excluding carboxylic acids is 1. The van der Waals surface area contributed by atoms with Crippen molar-refractivity contribution in [3.63, 3.8) is 0 Å². The van der Waals surface area contributed by atoms with E-state index >= 15 is 0 Å². The molecule has 0 bridgehead atoms. The second kappa shape index (κ2) is 8.23. The highest BCUT2D eigenvalue weighted by atomic mass is 16.5. The molecular weight excluding hydrogens is 406 g/mol. The van der Waals surface area contributed by atoms with Crippen molar-refractivity contribution in [1.29, 1.82) is 0 Å². The SMILES string of the molecule is Cc1ccn(-c2ccc(Oc3ccc(NC(=O)c4cnc5ccccc5n4)cc3)nn2)n1. The molecule has 156 valence electrons. The van der Waals surface area contributed by atoms with Gasteiger partial charge in [0.2, 0.25) is 5.88 Å². The van der Waals surface area contributed by atoms with E-state index in [1.165, 1.54) is 6.20 Å². The van der Waals surface area contributed by atoms with Crippen LogP contribution in [0.4, 0.5) is 5.69 Å². The Kier molecular flexibility index (Phi) is 4.97. The maximum atomic E-state index is 12.5. The van der Waals surface area contributed by atoms with Gasteiger partial charge in [-0.1, -0.05) is 12.1 Å². The summed E-state index contributed by atoms with van der Waals surface area (Å²) in [5.41, 5.74) is 3.15. The maximum Gasteiger partial charge on any atom is 0.275 e. The maximum absolute atomic E-state index is 12.5. The number of amides is 1. The molecule has 5 rings (SSSR count). The van der Waals surface area contributed by atoms with Crippen LogP contribution in [0.15, 0.2) is 79.1 Å². The molecule has 0 aliphatic carbocycles. The number of nitrogens with zero attached hydrogens (tertiary/aromatic N) is 6. The Morgan fingerprint density at radius 1 is 0.938 bits per heavy atom. The van der Waals surface area contributed by atoms with E-state index in [1.54, 1.807) is 41.1 Å². The summed E-state index contributed by atoms with van der Waals surface area (Å²) >= 11 is 0. The van der Waals surface area contributed by atoms with E-state index < -0.39 is 0 Å². The normalized spacial score (nSPS) is 10.8. The fraction of sp³-hybridized carbons (Fsp3) is 0.0435. The van der Waals surface area contributed by atoms with Gasteiger partial charge in [0.25, 0.3) is 5.91 Å². The van der Waals surface area contributed by atoms with Crippen molar-refractivity contribution in [1.82, 2.24) is 29.9 Å². The van der Waals surface area contributed by atoms with Crippen LogP contribution in [0.25, 0.3) is 16.9 Å². The van der Waals surface area contributed by atoms with Crippen LogP contribution in [0.2, 0.25) is 0 Å². The number of ether oxygens (including phenoxy) is 1. The van der Waals surface area contributed by atoms with Gasteiger partial charge in [0, 0.05) is 18.0 Å². The third kappa shape index (κ3) is 4.12. The van der Waals surface area contributed by atoms with E-state index in [9.17, 15) is 4.79 Å². The summed E-state index contributed by atoms with van der Waals surface area (Å²) in [5, 5.41) is 15.3. The van der Waals surface area contributed by atoms with Gasteiger partial charge in [-0.2, -0.15) is 5.10 Å². The lowest BCUT2D eigenvalue weighted by Gasteiger charge is -2.08. The van der Waals surface area contributed by atoms with Crippen LogP contribution in [-0.4, -0.2) is 35.9 Å². The van der Waals surface area contributed by atoms with Crippen LogP contribution in [0, 0.1) is 6.92 Å². The van der Waals surface area contributed by atoms with Gasteiger partial charge in [-0.3, -0.25) is 9.78 Å². The lowest BCUT2D eigenvalue weighted by atomic mass is 10.2. The number of carbonyl (C=O) groups is 1. The molecule has 32 heavy (non-hydrogen) atoms. The molecule has 5 aromatic rings. The summed E-state index contributed by atoms with van der Waals surface area (Å²) in [7, 11) is 0. The van der Waals surface area contributed by atoms with Crippen molar-refractivity contribution in [2.45, 2.75) is 6.92 Å². The highest BCUT2D eigenvalue weighted by Crippen LogP contribution is 2.22. The first-order valence-electron chi connectivity index (χ1n) is 9.81. The Hall–Kier alpha value is -4.66. The Morgan fingerprint density at radius 2 is 1.75 bits per heavy atom. The molecule has 0 spiro atoms. The minimum Gasteiger partial charge on any atom is -0.438 e. The van der Waals surface area contributed by atoms with Crippen LogP contribution >= 0.6 is 0 Å². The molecule has 9 nitrogen and oxygen atoms in total. The van der Waals surface area contributed by atoms with Crippen molar-refractivity contribution < 1.29 is 9.53 Å². The molecule has 0 saturated carbocycles. The summed E-state index contributed by atoms with van der Waals surface area (Å²) < 4.78 is 7.37. The predicted molar refractivity (Wildman–Crippen MR) is 118 cm³/mol. The van der Waals surface area contributed by atoms with Crippen molar-refractivity contribution in [2.24, 2.45) is 0 Å². The second-order valence-corrected chi connectivity index (χ2v) is 6.96. The van der Waals surface area contributed by atoms with Gasteiger partial charge in [0.1, 0.15) is 11.4 Å². The number of fused-ring (bicyclic) bond motifs is 1. The number of para-hydroxylation sites is 2. The van der Waals surface area contributed by atoms with Crippen LogP contribution in [0.5, 0.6) is 11.6 Å². The molecule has 3 heterocycles. The monoisotopic (exact) mass is 423 g/mol. The Morgan fingerprint density at radius 3 is 2.47 bits per heavy atom. The van der Waals surface area contributed by atoms with Crippen molar-refractivity contribution >= 4 is 22.6 Å². The highest BCUT2D eigenvalue weighted by molar-refractivity contribution is 6.03. The summed E-state index contributed by atoms with van der Waals surface area (Å²) in [6.45, 7) is 1.91. The Balaban J connectivity index is 1.24. The zero-order valence-electron chi connectivity index (χ0n) is 17.0. The lowest BCUT2D eigenvalue weighted by molar-refractivity contribution is 0.102. The third-order valence-electron chi connectivity index (χ3n) is 4.60. The van der Waals surface area contributed by atoms with Crippen LogP contribution < -0.4 is 10.1 Å². The van der Waals surface area contributed by atoms with Crippen molar-refractivity contribution in [3.8, 4) is 17.4 Å². The van der Waals surface area contributed by atoms with E-state index in [-0.39, 0.29) is 11.6 Å². The molecule has 1 amide bonds. The van der Waals surface area contributed by atoms with Crippen LogP contribution in [0.1, 0.15) is 16.2 Å². The fourth-order valence-electron chi connectivity index (χ4n) is 3.02. The van der Waals surface area contributed by atoms with Crippen molar-refractivity contribution in [3.05, 3.63) is 90.5 Å². The first-order chi connectivity index (χ1) is 15.6. The Labute approximate surface area is 182 Å². The number of aryl methyl sites for hydroxylation is 1. The summed E-state index contributed by atoms with van der Waals surface area (Å²) in [4.78, 5) is 21.1. The topological polar surface area (TPSA) is 108 Å². The number of aromatic nitrogens is 6. The fourth-order valence-corrected chi connectivity index (χ4v) is 3.02. The number of anilines is 1. The van der Waals surface area contributed by atoms with Gasteiger partial charge < -0.3 is 10.1 Å². The first kappa shape index (κ1) is 19.3. The molecule has 1 N–H and O–H groups in total. The largest absolute Gasteiger partial charge is 0.438 e. The van der Waals surface area contributed by atoms with Crippen molar-refractivity contribution in [2.75, 3.05) is 5.32 Å². The van der Waals surface area contributed by atoms with E-state index in [2.05, 4.69) is 30.6 Å². The van der Waals surface area contributed by atoms with E-state index in [0.29, 0.717) is 28.7 Å². The molecule has 0 radical (unpaired) electrons. The number of hydrogen-bond donors (Lipinski definition) is 1.